The fraction of sp³-hybridized carbons (Fsp3) is 0.400. The zero-order valence-corrected chi connectivity index (χ0v) is 13.8. The zero-order valence-electron chi connectivity index (χ0n) is 12.3. The lowest BCUT2D eigenvalue weighted by atomic mass is 9.99. The predicted octanol–water partition coefficient (Wildman–Crippen LogP) is 3.03. The number of rotatable bonds is 4. The number of amides is 1. The molecule has 0 saturated heterocycles. The van der Waals surface area contributed by atoms with Crippen molar-refractivity contribution in [2.75, 3.05) is 0 Å². The van der Waals surface area contributed by atoms with Gasteiger partial charge in [-0.2, -0.15) is 4.98 Å². The number of carbonyl (C=O) groups excluding carboxylic acids is 1. The number of aromatic nitrogens is 2. The largest absolute Gasteiger partial charge is 0.343 e. The first-order valence-electron chi connectivity index (χ1n) is 7.33. The van der Waals surface area contributed by atoms with Gasteiger partial charge in [-0.25, -0.2) is 0 Å². The number of nitrogens with one attached hydrogen (secondary N) is 1. The number of hydrogen-bond acceptors (Lipinski definition) is 5. The molecule has 3 rings (SSSR count). The van der Waals surface area contributed by atoms with Crippen LogP contribution >= 0.6 is 23.2 Å². The summed E-state index contributed by atoms with van der Waals surface area (Å²) in [6.45, 7) is 0.127. The summed E-state index contributed by atoms with van der Waals surface area (Å²) < 4.78 is 5.17. The Morgan fingerprint density at radius 3 is 2.74 bits per heavy atom. The van der Waals surface area contributed by atoms with Gasteiger partial charge in [-0.1, -0.05) is 41.2 Å². The van der Waals surface area contributed by atoms with E-state index in [9.17, 15) is 4.79 Å². The minimum atomic E-state index is -0.505. The second kappa shape index (κ2) is 6.47. The van der Waals surface area contributed by atoms with Gasteiger partial charge in [0, 0.05) is 5.56 Å². The van der Waals surface area contributed by atoms with Crippen LogP contribution < -0.4 is 11.1 Å². The number of carbonyl (C=O) groups is 1. The van der Waals surface area contributed by atoms with Crippen molar-refractivity contribution in [2.45, 2.75) is 37.8 Å². The van der Waals surface area contributed by atoms with Crippen molar-refractivity contribution in [1.29, 1.82) is 0 Å². The Hall–Kier alpha value is -1.63. The topological polar surface area (TPSA) is 94.0 Å². The normalized spacial score (nSPS) is 16.5. The van der Waals surface area contributed by atoms with E-state index in [0.29, 0.717) is 27.3 Å². The summed E-state index contributed by atoms with van der Waals surface area (Å²) in [7, 11) is 0. The number of nitrogens with two attached hydrogens (primary N) is 1. The average molecular weight is 355 g/mol. The first-order chi connectivity index (χ1) is 11.0. The lowest BCUT2D eigenvalue weighted by Crippen LogP contribution is -2.34. The third kappa shape index (κ3) is 3.49. The number of nitrogens with zero attached hydrogens (tertiary/aromatic N) is 2. The molecule has 1 aliphatic carbocycles. The molecule has 0 unspecified atom stereocenters. The van der Waals surface area contributed by atoms with Gasteiger partial charge >= 0.3 is 0 Å². The molecule has 1 saturated carbocycles. The second-order valence-electron chi connectivity index (χ2n) is 5.69. The van der Waals surface area contributed by atoms with Crippen LogP contribution in [0.1, 0.15) is 47.8 Å². The fourth-order valence-corrected chi connectivity index (χ4v) is 2.95. The van der Waals surface area contributed by atoms with E-state index < -0.39 is 5.54 Å². The molecule has 0 atom stereocenters. The highest BCUT2D eigenvalue weighted by Gasteiger charge is 2.35. The van der Waals surface area contributed by atoms with Gasteiger partial charge in [-0.05, 0) is 31.0 Å². The number of halogens is 2. The van der Waals surface area contributed by atoms with E-state index in [1.807, 2.05) is 0 Å². The van der Waals surface area contributed by atoms with Crippen LogP contribution in [0.2, 0.25) is 10.0 Å². The van der Waals surface area contributed by atoms with E-state index in [1.165, 1.54) is 6.07 Å². The molecule has 0 spiro atoms. The maximum Gasteiger partial charge on any atom is 0.251 e. The molecule has 2 aromatic rings. The summed E-state index contributed by atoms with van der Waals surface area (Å²) >= 11 is 11.7. The lowest BCUT2D eigenvalue weighted by Gasteiger charge is -2.17. The average Bonchev–Trinajstić information content (AvgIpc) is 3.17. The molecule has 1 fully saturated rings. The van der Waals surface area contributed by atoms with Crippen molar-refractivity contribution in [3.63, 3.8) is 0 Å². The first kappa shape index (κ1) is 16.2. The molecule has 1 aromatic heterocycles. The summed E-state index contributed by atoms with van der Waals surface area (Å²) in [4.78, 5) is 16.4. The Morgan fingerprint density at radius 2 is 2.04 bits per heavy atom. The van der Waals surface area contributed by atoms with Gasteiger partial charge in [0.05, 0.1) is 22.1 Å². The molecule has 23 heavy (non-hydrogen) atoms. The van der Waals surface area contributed by atoms with Crippen LogP contribution in [0.25, 0.3) is 0 Å². The Kier molecular flexibility index (Phi) is 4.57. The van der Waals surface area contributed by atoms with Crippen molar-refractivity contribution in [3.05, 3.63) is 45.5 Å². The zero-order chi connectivity index (χ0) is 16.4. The molecule has 1 amide bonds. The van der Waals surface area contributed by atoms with Crippen LogP contribution in [0.15, 0.2) is 22.7 Å². The molecular weight excluding hydrogens is 339 g/mol. The maximum atomic E-state index is 12.1. The smallest absolute Gasteiger partial charge is 0.251 e. The van der Waals surface area contributed by atoms with Crippen LogP contribution in [0, 0.1) is 0 Å². The van der Waals surface area contributed by atoms with Gasteiger partial charge in [-0.15, -0.1) is 0 Å². The van der Waals surface area contributed by atoms with Crippen LogP contribution in [-0.2, 0) is 12.1 Å². The Balaban J connectivity index is 1.63. The Bertz CT molecular complexity index is 726. The van der Waals surface area contributed by atoms with Crippen molar-refractivity contribution in [2.24, 2.45) is 5.73 Å². The van der Waals surface area contributed by atoms with E-state index in [4.69, 9.17) is 33.5 Å². The van der Waals surface area contributed by atoms with Gasteiger partial charge in [0.25, 0.3) is 5.91 Å². The number of hydrogen-bond donors (Lipinski definition) is 2. The number of benzene rings is 1. The highest BCUT2D eigenvalue weighted by Crippen LogP contribution is 2.34. The van der Waals surface area contributed by atoms with E-state index in [1.54, 1.807) is 12.1 Å². The molecule has 3 N–H and O–H groups in total. The molecule has 6 nitrogen and oxygen atoms in total. The van der Waals surface area contributed by atoms with Gasteiger partial charge < -0.3 is 15.6 Å². The minimum Gasteiger partial charge on any atom is -0.343 e. The SMILES string of the molecule is NC1(c2noc(CNC(=O)c3ccc(Cl)c(Cl)c3)n2)CCCC1. The summed E-state index contributed by atoms with van der Waals surface area (Å²) in [5, 5.41) is 7.37. The second-order valence-corrected chi connectivity index (χ2v) is 6.50. The van der Waals surface area contributed by atoms with E-state index in [-0.39, 0.29) is 12.5 Å². The lowest BCUT2D eigenvalue weighted by molar-refractivity contribution is 0.0946. The van der Waals surface area contributed by atoms with Gasteiger partial charge in [0.1, 0.15) is 0 Å². The summed E-state index contributed by atoms with van der Waals surface area (Å²) in [5.74, 6) is 0.533. The molecule has 0 aliphatic heterocycles. The first-order valence-corrected chi connectivity index (χ1v) is 8.09. The quantitative estimate of drug-likeness (QED) is 0.879. The molecule has 0 bridgehead atoms. The van der Waals surface area contributed by atoms with E-state index >= 15 is 0 Å². The highest BCUT2D eigenvalue weighted by molar-refractivity contribution is 6.42. The van der Waals surface area contributed by atoms with Crippen molar-refractivity contribution in [1.82, 2.24) is 15.5 Å². The standard InChI is InChI=1S/C15H16Cl2N4O2/c16-10-4-3-9(7-11(10)17)13(22)19-8-12-20-14(21-23-12)15(18)5-1-2-6-15/h3-4,7H,1-2,5-6,8,18H2,(H,19,22). The predicted molar refractivity (Wildman–Crippen MR) is 86.3 cm³/mol. The van der Waals surface area contributed by atoms with E-state index in [2.05, 4.69) is 15.5 Å². The van der Waals surface area contributed by atoms with Crippen molar-refractivity contribution in [3.8, 4) is 0 Å². The Labute approximate surface area is 143 Å². The third-order valence-corrected chi connectivity index (χ3v) is 4.73. The molecule has 122 valence electrons. The van der Waals surface area contributed by atoms with Crippen LogP contribution in [-0.4, -0.2) is 16.0 Å². The third-order valence-electron chi connectivity index (χ3n) is 3.99. The Morgan fingerprint density at radius 1 is 1.30 bits per heavy atom. The van der Waals surface area contributed by atoms with Crippen LogP contribution in [0.4, 0.5) is 0 Å². The molecule has 1 aliphatic rings. The molecule has 0 radical (unpaired) electrons. The van der Waals surface area contributed by atoms with Gasteiger partial charge in [0.15, 0.2) is 5.82 Å². The monoisotopic (exact) mass is 354 g/mol. The molecule has 8 heteroatoms. The highest BCUT2D eigenvalue weighted by atomic mass is 35.5. The van der Waals surface area contributed by atoms with Crippen molar-refractivity contribution < 1.29 is 9.32 Å². The molecular formula is C15H16Cl2N4O2. The summed E-state index contributed by atoms with van der Waals surface area (Å²) in [5.41, 5.74) is 6.18. The fourth-order valence-electron chi connectivity index (χ4n) is 2.65. The minimum absolute atomic E-state index is 0.127. The van der Waals surface area contributed by atoms with Gasteiger partial charge in [0.2, 0.25) is 5.89 Å². The summed E-state index contributed by atoms with van der Waals surface area (Å²) in [6, 6.07) is 4.67. The van der Waals surface area contributed by atoms with Crippen molar-refractivity contribution >= 4 is 29.1 Å². The summed E-state index contributed by atoms with van der Waals surface area (Å²) in [6.07, 6.45) is 3.83. The van der Waals surface area contributed by atoms with Crippen LogP contribution in [0.5, 0.6) is 0 Å². The van der Waals surface area contributed by atoms with Crippen LogP contribution in [0.3, 0.4) is 0 Å². The maximum absolute atomic E-state index is 12.1. The van der Waals surface area contributed by atoms with E-state index in [0.717, 1.165) is 25.7 Å². The molecule has 1 heterocycles. The van der Waals surface area contributed by atoms with Gasteiger partial charge in [-0.3, -0.25) is 4.79 Å². The molecule has 1 aromatic carbocycles.